The van der Waals surface area contributed by atoms with Gasteiger partial charge in [-0.3, -0.25) is 14.6 Å². The van der Waals surface area contributed by atoms with Gasteiger partial charge >= 0.3 is 5.97 Å². The Morgan fingerprint density at radius 1 is 1.02 bits per heavy atom. The van der Waals surface area contributed by atoms with Crippen LogP contribution in [0.3, 0.4) is 0 Å². The quantitative estimate of drug-likeness (QED) is 0.135. The van der Waals surface area contributed by atoms with Gasteiger partial charge < -0.3 is 19.5 Å². The number of benzene rings is 2. The minimum atomic E-state index is -2.25. The molecule has 2 aromatic carbocycles. The van der Waals surface area contributed by atoms with Crippen LogP contribution in [0.4, 0.5) is 0 Å². The van der Waals surface area contributed by atoms with Gasteiger partial charge in [0.05, 0.1) is 16.3 Å². The second-order valence-electron chi connectivity index (χ2n) is 15.3. The molecule has 8 nitrogen and oxygen atoms in total. The molecule has 3 heterocycles. The van der Waals surface area contributed by atoms with Gasteiger partial charge in [-0.1, -0.05) is 67.5 Å². The van der Waals surface area contributed by atoms with Gasteiger partial charge in [0, 0.05) is 22.9 Å². The number of hydrogen-bond acceptors (Lipinski definition) is 6. The van der Waals surface area contributed by atoms with E-state index in [1.54, 1.807) is 5.01 Å². The topological polar surface area (TPSA) is 95.7 Å². The zero-order valence-electron chi connectivity index (χ0n) is 29.6. The first-order valence-electron chi connectivity index (χ1n) is 17.2. The summed E-state index contributed by atoms with van der Waals surface area (Å²) in [6.07, 6.45) is 2.59. The normalized spacial score (nSPS) is 21.0. The number of hydrogen-bond donors (Lipinski definition) is 3. The molecule has 0 spiro atoms. The Morgan fingerprint density at radius 3 is 2.38 bits per heavy atom. The van der Waals surface area contributed by atoms with E-state index in [9.17, 15) is 9.59 Å². The van der Waals surface area contributed by atoms with Crippen molar-refractivity contribution in [3.05, 3.63) is 51.2 Å². The van der Waals surface area contributed by atoms with E-state index in [4.69, 9.17) is 9.16 Å². The SMILES string of the molecule is CN[C@H]1Cc2cc(O[Si](C(C)C)(C(C)C)C(C)C)cc(c2)-c2ccc3[nH]c(I)c(c3c2)CC(C)(C)COC(=O)[C@@H]2CCCN(N2)C1=O. The number of aromatic nitrogens is 1. The number of esters is 1. The van der Waals surface area contributed by atoms with Crippen LogP contribution in [0.15, 0.2) is 36.4 Å². The maximum absolute atomic E-state index is 13.9. The number of nitrogens with zero attached hydrogens (tertiary/aromatic N) is 1. The fraction of sp³-hybridized carbons (Fsp3) is 0.568. The predicted molar refractivity (Wildman–Crippen MR) is 201 cm³/mol. The predicted octanol–water partition coefficient (Wildman–Crippen LogP) is 7.75. The van der Waals surface area contributed by atoms with Gasteiger partial charge in [0.25, 0.3) is 14.2 Å². The van der Waals surface area contributed by atoms with Gasteiger partial charge in [0.15, 0.2) is 0 Å². The molecule has 1 aromatic heterocycles. The van der Waals surface area contributed by atoms with Crippen molar-refractivity contribution in [3.63, 3.8) is 0 Å². The fourth-order valence-electron chi connectivity index (χ4n) is 7.88. The Kier molecular flexibility index (Phi) is 10.8. The van der Waals surface area contributed by atoms with Crippen molar-refractivity contribution in [2.24, 2.45) is 5.41 Å². The minimum Gasteiger partial charge on any atom is -0.543 e. The van der Waals surface area contributed by atoms with Crippen molar-refractivity contribution in [3.8, 4) is 16.9 Å². The van der Waals surface area contributed by atoms with E-state index >= 15 is 0 Å². The Morgan fingerprint density at radius 2 is 1.72 bits per heavy atom. The Labute approximate surface area is 295 Å². The molecule has 1 fully saturated rings. The molecule has 0 saturated carbocycles. The molecule has 0 aliphatic carbocycles. The highest BCUT2D eigenvalue weighted by molar-refractivity contribution is 14.1. The minimum absolute atomic E-state index is 0.0810. The number of amides is 1. The summed E-state index contributed by atoms with van der Waals surface area (Å²) in [5.74, 6) is 0.486. The first-order chi connectivity index (χ1) is 22.1. The molecular formula is C37H53IN4O4Si. The molecule has 10 heteroatoms. The lowest BCUT2D eigenvalue weighted by atomic mass is 9.86. The third kappa shape index (κ3) is 7.45. The lowest BCUT2D eigenvalue weighted by Gasteiger charge is -2.42. The van der Waals surface area contributed by atoms with Gasteiger partial charge in [-0.15, -0.1) is 0 Å². The van der Waals surface area contributed by atoms with Gasteiger partial charge in [0.2, 0.25) is 0 Å². The van der Waals surface area contributed by atoms with Crippen LogP contribution in [0.25, 0.3) is 22.0 Å². The number of carbonyl (C=O) groups excluding carboxylic acids is 2. The molecule has 0 unspecified atom stereocenters. The molecule has 0 radical (unpaired) electrons. The molecule has 1 amide bonds. The van der Waals surface area contributed by atoms with E-state index in [0.29, 0.717) is 36.0 Å². The lowest BCUT2D eigenvalue weighted by Crippen LogP contribution is -2.59. The van der Waals surface area contributed by atoms with E-state index in [-0.39, 0.29) is 23.9 Å². The van der Waals surface area contributed by atoms with Gasteiger partial charge in [-0.05, 0) is 118 Å². The molecule has 3 N–H and O–H groups in total. The van der Waals surface area contributed by atoms with Crippen LogP contribution in [0.5, 0.6) is 5.75 Å². The highest BCUT2D eigenvalue weighted by atomic mass is 127. The van der Waals surface area contributed by atoms with Crippen LogP contribution in [0.2, 0.25) is 16.6 Å². The van der Waals surface area contributed by atoms with Crippen molar-refractivity contribution in [1.82, 2.24) is 20.7 Å². The van der Waals surface area contributed by atoms with Crippen molar-refractivity contribution in [2.45, 2.75) is 110 Å². The molecule has 6 bridgehead atoms. The Bertz CT molecular complexity index is 1600. The van der Waals surface area contributed by atoms with Crippen molar-refractivity contribution < 1.29 is 18.8 Å². The van der Waals surface area contributed by atoms with Gasteiger partial charge in [-0.25, -0.2) is 5.43 Å². The molecule has 47 heavy (non-hydrogen) atoms. The van der Waals surface area contributed by atoms with Crippen molar-refractivity contribution in [1.29, 1.82) is 0 Å². The van der Waals surface area contributed by atoms with Gasteiger partial charge in [0.1, 0.15) is 11.8 Å². The van der Waals surface area contributed by atoms with Crippen LogP contribution in [-0.2, 0) is 27.2 Å². The zero-order valence-corrected chi connectivity index (χ0v) is 32.7. The number of hydrazine groups is 1. The second-order valence-corrected chi connectivity index (χ2v) is 21.7. The molecule has 2 aliphatic heterocycles. The summed E-state index contributed by atoms with van der Waals surface area (Å²) in [7, 11) is -0.427. The summed E-state index contributed by atoms with van der Waals surface area (Å²) < 4.78 is 14.3. The fourth-order valence-corrected chi connectivity index (χ4v) is 13.9. The summed E-state index contributed by atoms with van der Waals surface area (Å²) in [6.45, 7) is 18.9. The smallest absolute Gasteiger partial charge is 0.324 e. The zero-order chi connectivity index (χ0) is 34.3. The summed E-state index contributed by atoms with van der Waals surface area (Å²) in [5, 5.41) is 6.05. The summed E-state index contributed by atoms with van der Waals surface area (Å²) >= 11 is 2.39. The lowest BCUT2D eigenvalue weighted by molar-refractivity contribution is -0.155. The molecule has 5 rings (SSSR count). The van der Waals surface area contributed by atoms with Crippen LogP contribution in [0, 0.1) is 9.12 Å². The van der Waals surface area contributed by atoms with Crippen molar-refractivity contribution in [2.75, 3.05) is 20.2 Å². The van der Waals surface area contributed by atoms with Crippen LogP contribution in [0.1, 0.15) is 79.4 Å². The second kappa shape index (κ2) is 14.2. The van der Waals surface area contributed by atoms with Crippen LogP contribution in [-0.4, -0.2) is 62.5 Å². The average molecular weight is 773 g/mol. The number of nitrogens with one attached hydrogen (secondary N) is 3. The molecule has 256 valence electrons. The number of cyclic esters (lactones) is 1. The third-order valence-corrected chi connectivity index (χ3v) is 17.2. The van der Waals surface area contributed by atoms with E-state index < -0.39 is 20.4 Å². The van der Waals surface area contributed by atoms with Crippen LogP contribution >= 0.6 is 22.6 Å². The monoisotopic (exact) mass is 772 g/mol. The maximum atomic E-state index is 13.9. The molecule has 1 saturated heterocycles. The highest BCUT2D eigenvalue weighted by Gasteiger charge is 2.47. The number of aromatic amines is 1. The average Bonchev–Trinajstić information content (AvgIpc) is 3.33. The molecular weight excluding hydrogens is 719 g/mol. The first kappa shape index (κ1) is 35.9. The summed E-state index contributed by atoms with van der Waals surface area (Å²) in [5.41, 5.74) is 9.70. The Balaban J connectivity index is 1.68. The molecule has 2 atom stereocenters. The summed E-state index contributed by atoms with van der Waals surface area (Å²) in [4.78, 5) is 30.8. The number of halogens is 1. The Hall–Kier alpha value is -2.41. The number of carbonyl (C=O) groups is 2. The van der Waals surface area contributed by atoms with E-state index in [0.717, 1.165) is 44.5 Å². The first-order valence-corrected chi connectivity index (χ1v) is 20.4. The number of rotatable bonds is 6. The largest absolute Gasteiger partial charge is 0.543 e. The van der Waals surface area contributed by atoms with Crippen molar-refractivity contribution >= 4 is 53.7 Å². The van der Waals surface area contributed by atoms with E-state index in [2.05, 4.69) is 130 Å². The standard InChI is InChI=1S/C37H53IN4O4Si/c1-22(2)47(23(3)4,24(5)6)46-28-16-25-15-27(18-28)26-12-13-31-29(19-26)30(34(38)40-31)20-37(7,8)21-45-36(44)32-11-10-14-42(41-32)35(43)33(17-25)39-9/h12-13,15-16,18-19,22-24,32-33,39-41H,10-11,14,17,20-21H2,1-9H3/t32-,33-/m0/s1. The number of ether oxygens (including phenoxy) is 1. The maximum Gasteiger partial charge on any atom is 0.324 e. The summed E-state index contributed by atoms with van der Waals surface area (Å²) in [6, 6.07) is 12.1. The third-order valence-electron chi connectivity index (χ3n) is 10.2. The highest BCUT2D eigenvalue weighted by Crippen LogP contribution is 2.44. The van der Waals surface area contributed by atoms with E-state index in [1.165, 1.54) is 10.9 Å². The molecule has 3 aromatic rings. The number of fused-ring (bicyclic) bond motifs is 6. The number of likely N-dealkylation sites (N-methyl/N-ethyl adjacent to an activating group) is 1. The molecule has 2 aliphatic rings. The van der Waals surface area contributed by atoms with E-state index in [1.807, 2.05) is 7.05 Å². The van der Waals surface area contributed by atoms with Crippen LogP contribution < -0.4 is 15.2 Å². The van der Waals surface area contributed by atoms with Gasteiger partial charge in [-0.2, -0.15) is 0 Å². The number of H-pyrrole nitrogens is 1.